The smallest absolute Gasteiger partial charge is 0.319 e. The summed E-state index contributed by atoms with van der Waals surface area (Å²) in [6, 6.07) is 20.4. The number of urea groups is 1. The fraction of sp³-hybridized carbons (Fsp3) is 0.238. The molecular weight excluding hydrogens is 310 g/mol. The number of amides is 2. The van der Waals surface area contributed by atoms with Gasteiger partial charge < -0.3 is 4.90 Å². The number of benzene rings is 2. The molecule has 0 N–H and O–H groups in total. The van der Waals surface area contributed by atoms with Gasteiger partial charge in [-0.1, -0.05) is 66.7 Å². The van der Waals surface area contributed by atoms with Gasteiger partial charge in [0.05, 0.1) is 6.04 Å². The normalized spacial score (nSPS) is 21.3. The summed E-state index contributed by atoms with van der Waals surface area (Å²) in [5.41, 5.74) is 3.61. The molecule has 1 saturated heterocycles. The van der Waals surface area contributed by atoms with Gasteiger partial charge in [-0.2, -0.15) is 5.10 Å². The Morgan fingerprint density at radius 1 is 1.04 bits per heavy atom. The van der Waals surface area contributed by atoms with E-state index in [1.807, 2.05) is 47.5 Å². The Hall–Kier alpha value is -2.88. The predicted octanol–water partition coefficient (Wildman–Crippen LogP) is 4.33. The van der Waals surface area contributed by atoms with E-state index in [9.17, 15) is 4.79 Å². The molecule has 4 heteroatoms. The number of likely N-dealkylation sites (tertiary alicyclic amines) is 1. The van der Waals surface area contributed by atoms with Crippen molar-refractivity contribution in [2.45, 2.75) is 18.9 Å². The van der Waals surface area contributed by atoms with Gasteiger partial charge in [-0.15, -0.1) is 0 Å². The average Bonchev–Trinajstić information content (AvgIpc) is 3.32. The Morgan fingerprint density at radius 2 is 1.76 bits per heavy atom. The van der Waals surface area contributed by atoms with Crippen LogP contribution in [0.25, 0.3) is 6.08 Å². The van der Waals surface area contributed by atoms with Crippen molar-refractivity contribution in [2.75, 3.05) is 13.1 Å². The van der Waals surface area contributed by atoms with E-state index in [-0.39, 0.29) is 12.1 Å². The fourth-order valence-electron chi connectivity index (χ4n) is 3.44. The molecule has 4 rings (SSSR count). The third kappa shape index (κ3) is 3.33. The number of hydrogen-bond acceptors (Lipinski definition) is 2. The molecule has 4 nitrogen and oxygen atoms in total. The minimum Gasteiger partial charge on any atom is -0.319 e. The van der Waals surface area contributed by atoms with E-state index in [0.29, 0.717) is 6.54 Å². The lowest BCUT2D eigenvalue weighted by Crippen LogP contribution is -2.39. The Bertz CT molecular complexity index is 798. The van der Waals surface area contributed by atoms with E-state index >= 15 is 0 Å². The summed E-state index contributed by atoms with van der Waals surface area (Å²) in [6.07, 6.45) is 5.73. The Balaban J connectivity index is 1.46. The van der Waals surface area contributed by atoms with Gasteiger partial charge in [0.25, 0.3) is 0 Å². The van der Waals surface area contributed by atoms with Crippen molar-refractivity contribution in [3.63, 3.8) is 0 Å². The second-order valence-electron chi connectivity index (χ2n) is 6.47. The molecule has 0 saturated carbocycles. The van der Waals surface area contributed by atoms with E-state index in [1.54, 1.807) is 5.01 Å². The van der Waals surface area contributed by atoms with Crippen molar-refractivity contribution in [1.82, 2.24) is 9.91 Å². The lowest BCUT2D eigenvalue weighted by atomic mass is 10.1. The van der Waals surface area contributed by atoms with Crippen molar-refractivity contribution in [3.8, 4) is 0 Å². The molecule has 1 unspecified atom stereocenters. The first kappa shape index (κ1) is 15.6. The van der Waals surface area contributed by atoms with Crippen LogP contribution < -0.4 is 0 Å². The topological polar surface area (TPSA) is 35.9 Å². The lowest BCUT2D eigenvalue weighted by molar-refractivity contribution is 0.152. The SMILES string of the molecule is O=C(N1CCC(=Cc2ccccc2)C1)N1N=CCC1c1ccccc1. The molecule has 0 radical (unpaired) electrons. The first-order chi connectivity index (χ1) is 12.3. The Labute approximate surface area is 148 Å². The van der Waals surface area contributed by atoms with Gasteiger partial charge in [-0.25, -0.2) is 9.80 Å². The monoisotopic (exact) mass is 331 g/mol. The number of carbonyl (C=O) groups excluding carboxylic acids is 1. The zero-order valence-electron chi connectivity index (χ0n) is 14.1. The molecule has 25 heavy (non-hydrogen) atoms. The summed E-state index contributed by atoms with van der Waals surface area (Å²) in [5.74, 6) is 0. The molecule has 0 bridgehead atoms. The minimum absolute atomic E-state index is 0.000866. The summed E-state index contributed by atoms with van der Waals surface area (Å²) in [7, 11) is 0. The third-order valence-electron chi connectivity index (χ3n) is 4.75. The molecule has 2 aromatic rings. The molecule has 2 amide bonds. The summed E-state index contributed by atoms with van der Waals surface area (Å²) in [5, 5.41) is 5.98. The Kier molecular flexibility index (Phi) is 4.34. The van der Waals surface area contributed by atoms with Crippen LogP contribution in [0.15, 0.2) is 71.3 Å². The first-order valence-electron chi connectivity index (χ1n) is 8.71. The number of hydrazone groups is 1. The van der Waals surface area contributed by atoms with Crippen LogP contribution in [0.4, 0.5) is 4.79 Å². The third-order valence-corrected chi connectivity index (χ3v) is 4.75. The molecule has 126 valence electrons. The molecule has 0 aliphatic carbocycles. The standard InChI is InChI=1S/C21H21N3O/c25-21(24-20(11-13-22-24)19-9-5-2-6-10-19)23-14-12-18(16-23)15-17-7-3-1-4-8-17/h1-10,13,15,20H,11-12,14,16H2. The van der Waals surface area contributed by atoms with E-state index in [2.05, 4.69) is 35.4 Å². The molecule has 2 aliphatic rings. The average molecular weight is 331 g/mol. The van der Waals surface area contributed by atoms with Crippen molar-refractivity contribution in [3.05, 3.63) is 77.4 Å². The second kappa shape index (κ2) is 6.93. The zero-order chi connectivity index (χ0) is 17.1. The number of carbonyl (C=O) groups is 1. The molecule has 0 aromatic heterocycles. The van der Waals surface area contributed by atoms with E-state index in [4.69, 9.17) is 0 Å². The van der Waals surface area contributed by atoms with Gasteiger partial charge in [-0.05, 0) is 23.1 Å². The molecule has 1 fully saturated rings. The van der Waals surface area contributed by atoms with Crippen molar-refractivity contribution in [2.24, 2.45) is 5.10 Å². The maximum Gasteiger partial charge on any atom is 0.341 e. The minimum atomic E-state index is -0.000866. The van der Waals surface area contributed by atoms with Crippen LogP contribution in [0.3, 0.4) is 0 Å². The number of rotatable bonds is 2. The Morgan fingerprint density at radius 3 is 2.52 bits per heavy atom. The highest BCUT2D eigenvalue weighted by Crippen LogP contribution is 2.30. The molecule has 2 heterocycles. The van der Waals surface area contributed by atoms with Crippen LogP contribution in [0.5, 0.6) is 0 Å². The highest BCUT2D eigenvalue weighted by molar-refractivity contribution is 5.79. The van der Waals surface area contributed by atoms with Crippen molar-refractivity contribution < 1.29 is 4.79 Å². The summed E-state index contributed by atoms with van der Waals surface area (Å²) < 4.78 is 0. The summed E-state index contributed by atoms with van der Waals surface area (Å²) in [4.78, 5) is 14.8. The fourth-order valence-corrected chi connectivity index (χ4v) is 3.44. The van der Waals surface area contributed by atoms with Crippen LogP contribution in [-0.2, 0) is 0 Å². The van der Waals surface area contributed by atoms with Crippen LogP contribution >= 0.6 is 0 Å². The van der Waals surface area contributed by atoms with Crippen molar-refractivity contribution >= 4 is 18.3 Å². The second-order valence-corrected chi connectivity index (χ2v) is 6.47. The molecule has 2 aromatic carbocycles. The van der Waals surface area contributed by atoms with E-state index < -0.39 is 0 Å². The zero-order valence-corrected chi connectivity index (χ0v) is 14.1. The predicted molar refractivity (Wildman–Crippen MR) is 100 cm³/mol. The largest absolute Gasteiger partial charge is 0.341 e. The highest BCUT2D eigenvalue weighted by Gasteiger charge is 2.33. The van der Waals surface area contributed by atoms with Crippen LogP contribution in [0, 0.1) is 0 Å². The lowest BCUT2D eigenvalue weighted by Gasteiger charge is -2.26. The summed E-state index contributed by atoms with van der Waals surface area (Å²) in [6.45, 7) is 1.44. The maximum absolute atomic E-state index is 12.9. The van der Waals surface area contributed by atoms with Crippen molar-refractivity contribution in [1.29, 1.82) is 0 Å². The van der Waals surface area contributed by atoms with Gasteiger partial charge in [0.1, 0.15) is 0 Å². The molecule has 2 aliphatic heterocycles. The van der Waals surface area contributed by atoms with Crippen LogP contribution in [0.2, 0.25) is 0 Å². The molecule has 0 spiro atoms. The van der Waals surface area contributed by atoms with Gasteiger partial charge >= 0.3 is 6.03 Å². The van der Waals surface area contributed by atoms with Crippen LogP contribution in [0.1, 0.15) is 30.0 Å². The summed E-state index contributed by atoms with van der Waals surface area (Å²) >= 11 is 0. The maximum atomic E-state index is 12.9. The van der Waals surface area contributed by atoms with Gasteiger partial charge in [-0.3, -0.25) is 0 Å². The number of hydrogen-bond donors (Lipinski definition) is 0. The van der Waals surface area contributed by atoms with Gasteiger partial charge in [0, 0.05) is 25.7 Å². The van der Waals surface area contributed by atoms with Crippen LogP contribution in [-0.4, -0.2) is 35.2 Å². The van der Waals surface area contributed by atoms with Gasteiger partial charge in [0.15, 0.2) is 0 Å². The number of nitrogens with zero attached hydrogens (tertiary/aromatic N) is 3. The first-order valence-corrected chi connectivity index (χ1v) is 8.71. The van der Waals surface area contributed by atoms with Gasteiger partial charge in [0.2, 0.25) is 0 Å². The molecule has 1 atom stereocenters. The van der Waals surface area contributed by atoms with E-state index in [0.717, 1.165) is 24.9 Å². The highest BCUT2D eigenvalue weighted by atomic mass is 16.2. The quantitative estimate of drug-likeness (QED) is 0.807. The van der Waals surface area contributed by atoms with E-state index in [1.165, 1.54) is 11.1 Å². The molecular formula is C21H21N3O.